The van der Waals surface area contributed by atoms with Crippen molar-refractivity contribution in [3.05, 3.63) is 0 Å². The van der Waals surface area contributed by atoms with Crippen molar-refractivity contribution in [1.82, 2.24) is 0 Å². The van der Waals surface area contributed by atoms with E-state index in [2.05, 4.69) is 0 Å². The lowest BCUT2D eigenvalue weighted by Crippen LogP contribution is -2.07. The minimum Gasteiger partial charge on any atom is -0.465 e. The Bertz CT molecular complexity index is 109. The molecule has 0 spiro atoms. The van der Waals surface area contributed by atoms with Crippen LogP contribution in [0.25, 0.3) is 0 Å². The molecule has 0 aromatic rings. The Balaban J connectivity index is 2.56. The van der Waals surface area contributed by atoms with E-state index in [0.29, 0.717) is 12.5 Å². The molecule has 1 saturated heterocycles. The Hall–Kier alpha value is -0.530. The van der Waals surface area contributed by atoms with Crippen molar-refractivity contribution >= 4 is 5.97 Å². The van der Waals surface area contributed by atoms with E-state index in [0.717, 1.165) is 0 Å². The summed E-state index contributed by atoms with van der Waals surface area (Å²) in [6.45, 7) is 4.54. The highest BCUT2D eigenvalue weighted by molar-refractivity contribution is 5.74. The third-order valence-corrected chi connectivity index (χ3v) is 1.71. The third kappa shape index (κ3) is 0.703. The van der Waals surface area contributed by atoms with E-state index < -0.39 is 0 Å². The standard InChI is InChI=1S/C6H10O2/c1-4-3-8-6(7)5(4)2/h4-5H,3H2,1-2H3/t4-,5+/m0/s1. The van der Waals surface area contributed by atoms with Crippen molar-refractivity contribution in [2.75, 3.05) is 6.61 Å². The molecule has 2 heteroatoms. The zero-order valence-electron chi connectivity index (χ0n) is 5.18. The Morgan fingerprint density at radius 2 is 2.25 bits per heavy atom. The van der Waals surface area contributed by atoms with Gasteiger partial charge in [-0.15, -0.1) is 0 Å². The van der Waals surface area contributed by atoms with Crippen LogP contribution in [0.1, 0.15) is 13.8 Å². The number of esters is 1. The normalized spacial score (nSPS) is 37.5. The molecule has 0 unspecified atom stereocenters. The Labute approximate surface area is 48.8 Å². The van der Waals surface area contributed by atoms with Crippen LogP contribution < -0.4 is 0 Å². The molecule has 1 heterocycles. The average Bonchev–Trinajstić information content (AvgIpc) is 1.98. The molecule has 0 N–H and O–H groups in total. The van der Waals surface area contributed by atoms with Gasteiger partial charge in [-0.2, -0.15) is 0 Å². The van der Waals surface area contributed by atoms with Gasteiger partial charge in [-0.1, -0.05) is 13.8 Å². The fourth-order valence-corrected chi connectivity index (χ4v) is 0.722. The van der Waals surface area contributed by atoms with Gasteiger partial charge in [-0.3, -0.25) is 4.79 Å². The zero-order chi connectivity index (χ0) is 6.15. The summed E-state index contributed by atoms with van der Waals surface area (Å²) in [7, 11) is 0. The Kier molecular flexibility index (Phi) is 1.24. The monoisotopic (exact) mass is 114 g/mol. The van der Waals surface area contributed by atoms with Gasteiger partial charge in [0.25, 0.3) is 0 Å². The number of hydrogen-bond donors (Lipinski definition) is 0. The van der Waals surface area contributed by atoms with Gasteiger partial charge < -0.3 is 4.74 Å². The average molecular weight is 114 g/mol. The number of carbonyl (C=O) groups is 1. The van der Waals surface area contributed by atoms with Crippen LogP contribution in [0.4, 0.5) is 0 Å². The fourth-order valence-electron chi connectivity index (χ4n) is 0.722. The summed E-state index contributed by atoms with van der Waals surface area (Å²) in [5, 5.41) is 0. The van der Waals surface area contributed by atoms with Crippen molar-refractivity contribution in [2.45, 2.75) is 13.8 Å². The van der Waals surface area contributed by atoms with Crippen LogP contribution in [0.15, 0.2) is 0 Å². The van der Waals surface area contributed by atoms with Crippen molar-refractivity contribution in [1.29, 1.82) is 0 Å². The molecule has 1 rings (SSSR count). The maximum absolute atomic E-state index is 10.6. The molecule has 0 amide bonds. The largest absolute Gasteiger partial charge is 0.465 e. The van der Waals surface area contributed by atoms with Crippen molar-refractivity contribution in [2.24, 2.45) is 11.8 Å². The maximum Gasteiger partial charge on any atom is 0.309 e. The molecule has 1 aliphatic heterocycles. The number of rotatable bonds is 0. The third-order valence-electron chi connectivity index (χ3n) is 1.71. The summed E-state index contributed by atoms with van der Waals surface area (Å²) in [6, 6.07) is 0. The molecule has 1 fully saturated rings. The highest BCUT2D eigenvalue weighted by atomic mass is 16.5. The minimum absolute atomic E-state index is 0.0440. The van der Waals surface area contributed by atoms with Crippen LogP contribution in [0.2, 0.25) is 0 Å². The van der Waals surface area contributed by atoms with E-state index in [1.54, 1.807) is 0 Å². The van der Waals surface area contributed by atoms with Crippen molar-refractivity contribution in [3.8, 4) is 0 Å². The van der Waals surface area contributed by atoms with E-state index in [1.807, 2.05) is 13.8 Å². The molecule has 0 aromatic carbocycles. The molecule has 0 saturated carbocycles. The lowest BCUT2D eigenvalue weighted by Gasteiger charge is -1.98. The Morgan fingerprint density at radius 3 is 2.38 bits per heavy atom. The second-order valence-corrected chi connectivity index (χ2v) is 2.40. The summed E-state index contributed by atoms with van der Waals surface area (Å²) in [6.07, 6.45) is 0. The molecule has 46 valence electrons. The van der Waals surface area contributed by atoms with Gasteiger partial charge in [0, 0.05) is 5.92 Å². The molecular weight excluding hydrogens is 104 g/mol. The molecule has 2 atom stereocenters. The van der Waals surface area contributed by atoms with Gasteiger partial charge in [0.05, 0.1) is 12.5 Å². The summed E-state index contributed by atoms with van der Waals surface area (Å²) in [4.78, 5) is 10.6. The topological polar surface area (TPSA) is 26.3 Å². The lowest BCUT2D eigenvalue weighted by atomic mass is 10.0. The summed E-state index contributed by atoms with van der Waals surface area (Å²) < 4.78 is 4.74. The molecule has 0 aromatic heterocycles. The zero-order valence-corrected chi connectivity index (χ0v) is 5.18. The second kappa shape index (κ2) is 1.77. The summed E-state index contributed by atoms with van der Waals surface area (Å²) in [5.74, 6) is 0.495. The molecule has 0 bridgehead atoms. The van der Waals surface area contributed by atoms with Crippen molar-refractivity contribution in [3.63, 3.8) is 0 Å². The number of cyclic esters (lactones) is 1. The van der Waals surface area contributed by atoms with Gasteiger partial charge in [-0.05, 0) is 0 Å². The van der Waals surface area contributed by atoms with Gasteiger partial charge in [0.15, 0.2) is 0 Å². The van der Waals surface area contributed by atoms with Gasteiger partial charge >= 0.3 is 5.97 Å². The highest BCUT2D eigenvalue weighted by Gasteiger charge is 2.28. The summed E-state index contributed by atoms with van der Waals surface area (Å²) in [5.41, 5.74) is 0. The van der Waals surface area contributed by atoms with Crippen LogP contribution in [-0.4, -0.2) is 12.6 Å². The van der Waals surface area contributed by atoms with E-state index >= 15 is 0 Å². The minimum atomic E-state index is -0.0440. The van der Waals surface area contributed by atoms with E-state index in [-0.39, 0.29) is 11.9 Å². The van der Waals surface area contributed by atoms with Crippen LogP contribution >= 0.6 is 0 Å². The quantitative estimate of drug-likeness (QED) is 0.436. The van der Waals surface area contributed by atoms with E-state index in [9.17, 15) is 4.79 Å². The van der Waals surface area contributed by atoms with Gasteiger partial charge in [0.1, 0.15) is 0 Å². The van der Waals surface area contributed by atoms with Crippen LogP contribution in [-0.2, 0) is 9.53 Å². The number of ether oxygens (including phenoxy) is 1. The molecule has 2 nitrogen and oxygen atoms in total. The predicted octanol–water partition coefficient (Wildman–Crippen LogP) is 0.815. The predicted molar refractivity (Wildman–Crippen MR) is 29.3 cm³/mol. The van der Waals surface area contributed by atoms with E-state index in [1.165, 1.54) is 0 Å². The smallest absolute Gasteiger partial charge is 0.309 e. The lowest BCUT2D eigenvalue weighted by molar-refractivity contribution is -0.140. The van der Waals surface area contributed by atoms with Gasteiger partial charge in [-0.25, -0.2) is 0 Å². The Morgan fingerprint density at radius 1 is 1.62 bits per heavy atom. The van der Waals surface area contributed by atoms with E-state index in [4.69, 9.17) is 4.74 Å². The SMILES string of the molecule is C[C@H]1COC(=O)[C@@H]1C. The first-order valence-electron chi connectivity index (χ1n) is 2.88. The molecule has 8 heavy (non-hydrogen) atoms. The number of carbonyl (C=O) groups excluding carboxylic acids is 1. The van der Waals surface area contributed by atoms with Crippen molar-refractivity contribution < 1.29 is 9.53 Å². The van der Waals surface area contributed by atoms with Crippen LogP contribution in [0.3, 0.4) is 0 Å². The van der Waals surface area contributed by atoms with Crippen LogP contribution in [0.5, 0.6) is 0 Å². The first kappa shape index (κ1) is 5.60. The summed E-state index contributed by atoms with van der Waals surface area (Å²) >= 11 is 0. The molecule has 0 aliphatic carbocycles. The second-order valence-electron chi connectivity index (χ2n) is 2.40. The van der Waals surface area contributed by atoms with Crippen LogP contribution in [0, 0.1) is 11.8 Å². The van der Waals surface area contributed by atoms with Gasteiger partial charge in [0.2, 0.25) is 0 Å². The maximum atomic E-state index is 10.6. The first-order chi connectivity index (χ1) is 3.72. The highest BCUT2D eigenvalue weighted by Crippen LogP contribution is 2.19. The fraction of sp³-hybridized carbons (Fsp3) is 0.833. The number of hydrogen-bond acceptors (Lipinski definition) is 2. The molecular formula is C6H10O2. The first-order valence-corrected chi connectivity index (χ1v) is 2.88. The molecule has 1 aliphatic rings. The molecule has 0 radical (unpaired) electrons.